The van der Waals surface area contributed by atoms with Crippen molar-refractivity contribution in [3.63, 3.8) is 0 Å². The Hall–Kier alpha value is -2.38. The second-order valence-corrected chi connectivity index (χ2v) is 6.51. The molecular weight excluding hydrogens is 354 g/mol. The van der Waals surface area contributed by atoms with Crippen molar-refractivity contribution in [3.8, 4) is 5.75 Å². The average molecular weight is 378 g/mol. The van der Waals surface area contributed by atoms with Gasteiger partial charge in [0.1, 0.15) is 11.4 Å². The number of hydrogen-bond donors (Lipinski definition) is 2. The van der Waals surface area contributed by atoms with E-state index in [0.717, 1.165) is 25.1 Å². The number of benzene rings is 1. The van der Waals surface area contributed by atoms with Gasteiger partial charge >= 0.3 is 0 Å². The molecule has 0 aliphatic heterocycles. The van der Waals surface area contributed by atoms with E-state index in [0.29, 0.717) is 22.4 Å². The summed E-state index contributed by atoms with van der Waals surface area (Å²) in [5, 5.41) is 6.51. The van der Waals surface area contributed by atoms with E-state index in [1.165, 1.54) is 7.11 Å². The molecular formula is C18H24ClN5O2. The molecule has 0 saturated heterocycles. The molecule has 2 aromatic rings. The summed E-state index contributed by atoms with van der Waals surface area (Å²) < 4.78 is 5.28. The number of methoxy groups -OCH3 is 1. The molecule has 26 heavy (non-hydrogen) atoms. The highest BCUT2D eigenvalue weighted by Crippen LogP contribution is 2.31. The molecule has 140 valence electrons. The highest BCUT2D eigenvalue weighted by atomic mass is 35.5. The van der Waals surface area contributed by atoms with Crippen LogP contribution in [-0.4, -0.2) is 55.1 Å². The van der Waals surface area contributed by atoms with E-state index in [2.05, 4.69) is 25.5 Å². The van der Waals surface area contributed by atoms with Crippen molar-refractivity contribution < 1.29 is 9.53 Å². The summed E-state index contributed by atoms with van der Waals surface area (Å²) >= 11 is 6.09. The third kappa shape index (κ3) is 5.57. The zero-order valence-corrected chi connectivity index (χ0v) is 16.2. The number of amides is 1. The van der Waals surface area contributed by atoms with Gasteiger partial charge in [-0.25, -0.2) is 9.97 Å². The largest absolute Gasteiger partial charge is 0.495 e. The molecule has 0 fully saturated rings. The van der Waals surface area contributed by atoms with E-state index in [9.17, 15) is 4.79 Å². The predicted molar refractivity (Wildman–Crippen MR) is 104 cm³/mol. The number of carbonyl (C=O) groups excluding carboxylic acids is 1. The Morgan fingerprint density at radius 2 is 2.12 bits per heavy atom. The van der Waals surface area contributed by atoms with Crippen LogP contribution in [0.15, 0.2) is 24.4 Å². The van der Waals surface area contributed by atoms with Gasteiger partial charge in [0.05, 0.1) is 12.8 Å². The molecule has 0 atom stereocenters. The van der Waals surface area contributed by atoms with Crippen LogP contribution in [0, 0.1) is 6.92 Å². The summed E-state index contributed by atoms with van der Waals surface area (Å²) in [6.45, 7) is 3.55. The van der Waals surface area contributed by atoms with Gasteiger partial charge < -0.3 is 20.3 Å². The number of halogens is 1. The predicted octanol–water partition coefficient (Wildman–Crippen LogP) is 3.06. The van der Waals surface area contributed by atoms with Gasteiger partial charge in [-0.05, 0) is 51.7 Å². The number of carbonyl (C=O) groups is 1. The molecule has 0 bridgehead atoms. The van der Waals surface area contributed by atoms with E-state index < -0.39 is 0 Å². The molecule has 7 nitrogen and oxygen atoms in total. The maximum atomic E-state index is 12.5. The van der Waals surface area contributed by atoms with Gasteiger partial charge in [-0.15, -0.1) is 0 Å². The van der Waals surface area contributed by atoms with Crippen LogP contribution in [0.4, 0.5) is 11.6 Å². The molecule has 0 radical (unpaired) electrons. The normalized spacial score (nSPS) is 10.7. The van der Waals surface area contributed by atoms with Crippen LogP contribution in [0.2, 0.25) is 5.02 Å². The third-order valence-corrected chi connectivity index (χ3v) is 4.09. The number of ether oxygens (including phenoxy) is 1. The first-order valence-electron chi connectivity index (χ1n) is 8.28. The standard InChI is InChI=1S/C18H24ClN5O2/c1-12-10-15(16(26-4)11-13(12)19)22-17(25)14-6-8-21-18(23-14)20-7-5-9-24(2)3/h6,8,10-11H,5,7,9H2,1-4H3,(H,22,25)(H,20,21,23). The van der Waals surface area contributed by atoms with E-state index in [1.54, 1.807) is 24.4 Å². The van der Waals surface area contributed by atoms with Crippen LogP contribution in [0.25, 0.3) is 0 Å². The molecule has 0 unspecified atom stereocenters. The molecule has 2 N–H and O–H groups in total. The average Bonchev–Trinajstić information content (AvgIpc) is 2.61. The Kier molecular flexibility index (Phi) is 7.17. The lowest BCUT2D eigenvalue weighted by molar-refractivity contribution is 0.102. The van der Waals surface area contributed by atoms with Crippen molar-refractivity contribution in [2.45, 2.75) is 13.3 Å². The minimum atomic E-state index is -0.344. The molecule has 1 heterocycles. The van der Waals surface area contributed by atoms with Gasteiger partial charge in [0.15, 0.2) is 0 Å². The van der Waals surface area contributed by atoms with Gasteiger partial charge in [0, 0.05) is 23.8 Å². The summed E-state index contributed by atoms with van der Waals surface area (Å²) in [6.07, 6.45) is 2.51. The van der Waals surface area contributed by atoms with Gasteiger partial charge in [-0.3, -0.25) is 4.79 Å². The molecule has 8 heteroatoms. The van der Waals surface area contributed by atoms with E-state index >= 15 is 0 Å². The lowest BCUT2D eigenvalue weighted by Gasteiger charge is -2.12. The topological polar surface area (TPSA) is 79.4 Å². The number of nitrogens with zero attached hydrogens (tertiary/aromatic N) is 3. The van der Waals surface area contributed by atoms with Crippen LogP contribution >= 0.6 is 11.6 Å². The van der Waals surface area contributed by atoms with E-state index in [4.69, 9.17) is 16.3 Å². The fourth-order valence-electron chi connectivity index (χ4n) is 2.28. The van der Waals surface area contributed by atoms with Gasteiger partial charge in [-0.1, -0.05) is 11.6 Å². The second-order valence-electron chi connectivity index (χ2n) is 6.10. The van der Waals surface area contributed by atoms with Crippen LogP contribution in [0.1, 0.15) is 22.5 Å². The molecule has 1 aromatic carbocycles. The fraction of sp³-hybridized carbons (Fsp3) is 0.389. The zero-order valence-electron chi connectivity index (χ0n) is 15.5. The SMILES string of the molecule is COc1cc(Cl)c(C)cc1NC(=O)c1ccnc(NCCCN(C)C)n1. The molecule has 0 aliphatic carbocycles. The second kappa shape index (κ2) is 9.35. The van der Waals surface area contributed by atoms with Crippen molar-refractivity contribution >= 4 is 29.1 Å². The Balaban J connectivity index is 2.06. The van der Waals surface area contributed by atoms with Crippen molar-refractivity contribution in [3.05, 3.63) is 40.7 Å². The molecule has 0 spiro atoms. The van der Waals surface area contributed by atoms with Crippen LogP contribution in [0.3, 0.4) is 0 Å². The number of nitrogens with one attached hydrogen (secondary N) is 2. The minimum absolute atomic E-state index is 0.268. The Morgan fingerprint density at radius 1 is 1.35 bits per heavy atom. The maximum absolute atomic E-state index is 12.5. The van der Waals surface area contributed by atoms with Crippen molar-refractivity contribution in [2.75, 3.05) is 44.9 Å². The first-order valence-corrected chi connectivity index (χ1v) is 8.65. The summed E-state index contributed by atoms with van der Waals surface area (Å²) in [5.74, 6) is 0.574. The number of aryl methyl sites for hydroxylation is 1. The van der Waals surface area contributed by atoms with Crippen LogP contribution in [0.5, 0.6) is 5.75 Å². The number of aromatic nitrogens is 2. The maximum Gasteiger partial charge on any atom is 0.274 e. The van der Waals surface area contributed by atoms with Crippen molar-refractivity contribution in [1.29, 1.82) is 0 Å². The molecule has 0 saturated carbocycles. The Bertz CT molecular complexity index is 767. The first kappa shape index (κ1) is 19.9. The van der Waals surface area contributed by atoms with E-state index in [-0.39, 0.29) is 11.6 Å². The van der Waals surface area contributed by atoms with Gasteiger partial charge in [0.25, 0.3) is 5.91 Å². The number of hydrogen-bond acceptors (Lipinski definition) is 6. The van der Waals surface area contributed by atoms with Crippen LogP contribution < -0.4 is 15.4 Å². The number of rotatable bonds is 8. The zero-order chi connectivity index (χ0) is 19.1. The molecule has 1 amide bonds. The highest BCUT2D eigenvalue weighted by Gasteiger charge is 2.13. The quantitative estimate of drug-likeness (QED) is 0.688. The Morgan fingerprint density at radius 3 is 2.81 bits per heavy atom. The molecule has 1 aromatic heterocycles. The van der Waals surface area contributed by atoms with Gasteiger partial charge in [0.2, 0.25) is 5.95 Å². The summed E-state index contributed by atoms with van der Waals surface area (Å²) in [5.41, 5.74) is 1.65. The van der Waals surface area contributed by atoms with Gasteiger partial charge in [-0.2, -0.15) is 0 Å². The summed E-state index contributed by atoms with van der Waals surface area (Å²) in [6, 6.07) is 5.00. The van der Waals surface area contributed by atoms with Crippen molar-refractivity contribution in [1.82, 2.24) is 14.9 Å². The number of anilines is 2. The first-order chi connectivity index (χ1) is 12.4. The lowest BCUT2D eigenvalue weighted by Crippen LogP contribution is -2.18. The Labute approximate surface area is 158 Å². The van der Waals surface area contributed by atoms with Crippen LogP contribution in [-0.2, 0) is 0 Å². The summed E-state index contributed by atoms with van der Waals surface area (Å²) in [7, 11) is 5.57. The highest BCUT2D eigenvalue weighted by molar-refractivity contribution is 6.31. The van der Waals surface area contributed by atoms with Crippen molar-refractivity contribution in [2.24, 2.45) is 0 Å². The molecule has 2 rings (SSSR count). The van der Waals surface area contributed by atoms with E-state index in [1.807, 2.05) is 21.0 Å². The molecule has 0 aliphatic rings. The monoisotopic (exact) mass is 377 g/mol. The minimum Gasteiger partial charge on any atom is -0.495 e. The smallest absolute Gasteiger partial charge is 0.274 e. The fourth-order valence-corrected chi connectivity index (χ4v) is 2.44. The third-order valence-electron chi connectivity index (χ3n) is 3.68. The summed E-state index contributed by atoms with van der Waals surface area (Å²) in [4.78, 5) is 23.0. The lowest BCUT2D eigenvalue weighted by atomic mass is 10.2.